The van der Waals surface area contributed by atoms with Crippen molar-refractivity contribution in [2.75, 3.05) is 19.8 Å². The molecule has 0 spiro atoms. The second-order valence-corrected chi connectivity index (χ2v) is 5.96. The zero-order chi connectivity index (χ0) is 13.0. The topological polar surface area (TPSA) is 88.5 Å². The van der Waals surface area contributed by atoms with Gasteiger partial charge in [-0.1, -0.05) is 6.07 Å². The van der Waals surface area contributed by atoms with Crippen LogP contribution in [0.2, 0.25) is 0 Å². The van der Waals surface area contributed by atoms with Crippen LogP contribution < -0.4 is 4.72 Å². The standard InChI is InChI=1S/C11H16N2O4S/c14-7-9-1-2-11(12-5-9)18(15,16)13-6-10-3-4-17-8-10/h1-2,5,10,13-14H,3-4,6-8H2. The average Bonchev–Trinajstić information content (AvgIpc) is 2.90. The van der Waals surface area contributed by atoms with Gasteiger partial charge in [0.15, 0.2) is 5.03 Å². The lowest BCUT2D eigenvalue weighted by molar-refractivity contribution is 0.186. The summed E-state index contributed by atoms with van der Waals surface area (Å²) in [5.41, 5.74) is 0.582. The first kappa shape index (κ1) is 13.4. The minimum atomic E-state index is -3.57. The quantitative estimate of drug-likeness (QED) is 0.780. The molecule has 2 heterocycles. The molecule has 1 unspecified atom stereocenters. The fourth-order valence-corrected chi connectivity index (χ4v) is 2.75. The summed E-state index contributed by atoms with van der Waals surface area (Å²) in [4.78, 5) is 3.82. The summed E-state index contributed by atoms with van der Waals surface area (Å²) in [6, 6.07) is 2.93. The highest BCUT2D eigenvalue weighted by Crippen LogP contribution is 2.12. The zero-order valence-electron chi connectivity index (χ0n) is 9.87. The minimum Gasteiger partial charge on any atom is -0.392 e. The van der Waals surface area contributed by atoms with E-state index in [0.717, 1.165) is 6.42 Å². The van der Waals surface area contributed by atoms with E-state index in [1.807, 2.05) is 0 Å². The van der Waals surface area contributed by atoms with Gasteiger partial charge in [0.2, 0.25) is 0 Å². The molecule has 6 nitrogen and oxygen atoms in total. The van der Waals surface area contributed by atoms with Gasteiger partial charge in [-0.3, -0.25) is 0 Å². The smallest absolute Gasteiger partial charge is 0.258 e. The van der Waals surface area contributed by atoms with E-state index in [0.29, 0.717) is 25.3 Å². The molecule has 0 aliphatic carbocycles. The van der Waals surface area contributed by atoms with E-state index in [9.17, 15) is 8.42 Å². The third-order valence-corrected chi connectivity index (χ3v) is 4.18. The Morgan fingerprint density at radius 3 is 2.89 bits per heavy atom. The molecule has 1 aromatic rings. The molecule has 1 atom stereocenters. The number of aliphatic hydroxyl groups is 1. The Morgan fingerprint density at radius 2 is 2.33 bits per heavy atom. The van der Waals surface area contributed by atoms with Crippen LogP contribution in [0.25, 0.3) is 0 Å². The fourth-order valence-electron chi connectivity index (χ4n) is 1.71. The highest BCUT2D eigenvalue weighted by molar-refractivity contribution is 7.89. The van der Waals surface area contributed by atoms with Crippen LogP contribution in [-0.2, 0) is 21.4 Å². The number of nitrogens with zero attached hydrogens (tertiary/aromatic N) is 1. The largest absolute Gasteiger partial charge is 0.392 e. The van der Waals surface area contributed by atoms with Gasteiger partial charge in [-0.15, -0.1) is 0 Å². The maximum Gasteiger partial charge on any atom is 0.258 e. The number of hydrogen-bond donors (Lipinski definition) is 2. The summed E-state index contributed by atoms with van der Waals surface area (Å²) < 4.78 is 31.5. The van der Waals surface area contributed by atoms with Crippen molar-refractivity contribution in [2.45, 2.75) is 18.1 Å². The molecule has 2 rings (SSSR count). The Hall–Kier alpha value is -1.02. The molecule has 1 aliphatic heterocycles. The first-order chi connectivity index (χ1) is 8.62. The van der Waals surface area contributed by atoms with E-state index in [1.165, 1.54) is 12.3 Å². The van der Waals surface area contributed by atoms with Crippen molar-refractivity contribution in [2.24, 2.45) is 5.92 Å². The van der Waals surface area contributed by atoms with Crippen LogP contribution in [0, 0.1) is 5.92 Å². The monoisotopic (exact) mass is 272 g/mol. The number of hydrogen-bond acceptors (Lipinski definition) is 5. The SMILES string of the molecule is O=S(=O)(NCC1CCOC1)c1ccc(CO)cn1. The molecule has 7 heteroatoms. The van der Waals surface area contributed by atoms with Gasteiger partial charge < -0.3 is 9.84 Å². The summed E-state index contributed by atoms with van der Waals surface area (Å²) in [5.74, 6) is 0.233. The summed E-state index contributed by atoms with van der Waals surface area (Å²) >= 11 is 0. The van der Waals surface area contributed by atoms with Crippen molar-refractivity contribution in [3.05, 3.63) is 23.9 Å². The van der Waals surface area contributed by atoms with E-state index < -0.39 is 10.0 Å². The van der Waals surface area contributed by atoms with Gasteiger partial charge in [0.05, 0.1) is 13.2 Å². The Balaban J connectivity index is 2.00. The van der Waals surface area contributed by atoms with Gasteiger partial charge in [0.25, 0.3) is 10.0 Å². The van der Waals surface area contributed by atoms with Crippen LogP contribution in [0.5, 0.6) is 0 Å². The molecule has 100 valence electrons. The molecular weight excluding hydrogens is 256 g/mol. The van der Waals surface area contributed by atoms with Gasteiger partial charge in [-0.25, -0.2) is 18.1 Å². The molecular formula is C11H16N2O4S. The molecule has 1 aliphatic rings. The van der Waals surface area contributed by atoms with Crippen LogP contribution in [0.15, 0.2) is 23.4 Å². The molecule has 18 heavy (non-hydrogen) atoms. The predicted molar refractivity (Wildman–Crippen MR) is 64.3 cm³/mol. The van der Waals surface area contributed by atoms with Crippen molar-refractivity contribution >= 4 is 10.0 Å². The number of ether oxygens (including phenoxy) is 1. The molecule has 1 fully saturated rings. The molecule has 0 radical (unpaired) electrons. The number of rotatable bonds is 5. The van der Waals surface area contributed by atoms with Gasteiger partial charge in [-0.05, 0) is 24.0 Å². The lowest BCUT2D eigenvalue weighted by atomic mass is 10.1. The number of sulfonamides is 1. The second-order valence-electron chi connectivity index (χ2n) is 4.24. The fraction of sp³-hybridized carbons (Fsp3) is 0.545. The van der Waals surface area contributed by atoms with Gasteiger partial charge >= 0.3 is 0 Å². The lowest BCUT2D eigenvalue weighted by Gasteiger charge is -2.09. The molecule has 0 bridgehead atoms. The molecule has 1 saturated heterocycles. The third kappa shape index (κ3) is 3.26. The van der Waals surface area contributed by atoms with Crippen molar-refractivity contribution in [1.82, 2.24) is 9.71 Å². The normalized spacial score (nSPS) is 20.2. The highest BCUT2D eigenvalue weighted by atomic mass is 32.2. The molecule has 0 amide bonds. The van der Waals surface area contributed by atoms with Crippen LogP contribution in [0.4, 0.5) is 0 Å². The first-order valence-electron chi connectivity index (χ1n) is 5.75. The predicted octanol–water partition coefficient (Wildman–Crippen LogP) is -0.111. The van der Waals surface area contributed by atoms with Crippen LogP contribution in [0.1, 0.15) is 12.0 Å². The molecule has 1 aromatic heterocycles. The summed E-state index contributed by atoms with van der Waals surface area (Å²) in [7, 11) is -3.57. The minimum absolute atomic E-state index is 0.0291. The average molecular weight is 272 g/mol. The Kier molecular flexibility index (Phi) is 4.28. The van der Waals surface area contributed by atoms with Gasteiger partial charge in [0, 0.05) is 19.3 Å². The maximum absolute atomic E-state index is 11.9. The van der Waals surface area contributed by atoms with Gasteiger partial charge in [0.1, 0.15) is 0 Å². The number of aromatic nitrogens is 1. The van der Waals surface area contributed by atoms with Crippen LogP contribution >= 0.6 is 0 Å². The summed E-state index contributed by atoms with van der Waals surface area (Å²) in [5, 5.41) is 8.83. The Bertz CT molecular complexity index is 480. The van der Waals surface area contributed by atoms with E-state index in [-0.39, 0.29) is 17.6 Å². The summed E-state index contributed by atoms with van der Waals surface area (Å²) in [6.07, 6.45) is 2.23. The van der Waals surface area contributed by atoms with Crippen molar-refractivity contribution < 1.29 is 18.3 Å². The molecule has 2 N–H and O–H groups in total. The van der Waals surface area contributed by atoms with Crippen LogP contribution in [-0.4, -0.2) is 38.3 Å². The lowest BCUT2D eigenvalue weighted by Crippen LogP contribution is -2.30. The van der Waals surface area contributed by atoms with Crippen molar-refractivity contribution in [3.63, 3.8) is 0 Å². The summed E-state index contributed by atoms with van der Waals surface area (Å²) in [6.45, 7) is 1.50. The van der Waals surface area contributed by atoms with Gasteiger partial charge in [-0.2, -0.15) is 0 Å². The van der Waals surface area contributed by atoms with E-state index in [1.54, 1.807) is 6.07 Å². The number of pyridine rings is 1. The highest BCUT2D eigenvalue weighted by Gasteiger charge is 2.20. The van der Waals surface area contributed by atoms with E-state index in [4.69, 9.17) is 9.84 Å². The van der Waals surface area contributed by atoms with Crippen LogP contribution in [0.3, 0.4) is 0 Å². The number of nitrogens with one attached hydrogen (secondary N) is 1. The third-order valence-electron chi connectivity index (χ3n) is 2.84. The maximum atomic E-state index is 11.9. The van der Waals surface area contributed by atoms with E-state index in [2.05, 4.69) is 9.71 Å². The van der Waals surface area contributed by atoms with Crippen molar-refractivity contribution in [1.29, 1.82) is 0 Å². The Labute approximate surface area is 106 Å². The molecule has 0 saturated carbocycles. The van der Waals surface area contributed by atoms with E-state index >= 15 is 0 Å². The molecule has 0 aromatic carbocycles. The second kappa shape index (κ2) is 5.75. The zero-order valence-corrected chi connectivity index (χ0v) is 10.7. The first-order valence-corrected chi connectivity index (χ1v) is 7.23. The van der Waals surface area contributed by atoms with Crippen molar-refractivity contribution in [3.8, 4) is 0 Å². The Morgan fingerprint density at radius 1 is 1.50 bits per heavy atom. The number of aliphatic hydroxyl groups excluding tert-OH is 1.